The van der Waals surface area contributed by atoms with E-state index in [1.165, 1.54) is 6.33 Å². The third-order valence-electron chi connectivity index (χ3n) is 4.45. The van der Waals surface area contributed by atoms with E-state index in [9.17, 15) is 14.4 Å². The highest BCUT2D eigenvalue weighted by molar-refractivity contribution is 5.89. The molecule has 7 heteroatoms. The molecule has 7 nitrogen and oxygen atoms in total. The molecular formula is C15H20N4O3. The van der Waals surface area contributed by atoms with Gasteiger partial charge < -0.3 is 14.8 Å². The summed E-state index contributed by atoms with van der Waals surface area (Å²) in [5.41, 5.74) is 1.20. The molecule has 1 fully saturated rings. The van der Waals surface area contributed by atoms with Crippen LogP contribution in [0.25, 0.3) is 0 Å². The van der Waals surface area contributed by atoms with Crippen molar-refractivity contribution in [1.29, 1.82) is 0 Å². The van der Waals surface area contributed by atoms with Crippen molar-refractivity contribution in [2.75, 3.05) is 13.1 Å². The van der Waals surface area contributed by atoms with Crippen LogP contribution in [0.3, 0.4) is 0 Å². The Morgan fingerprint density at radius 1 is 1.41 bits per heavy atom. The number of hydrogen-bond donors (Lipinski definition) is 1. The van der Waals surface area contributed by atoms with Crippen LogP contribution in [0.15, 0.2) is 11.1 Å². The number of hydrogen-bond acceptors (Lipinski definition) is 4. The number of nitrogens with one attached hydrogen (secondary N) is 1. The Kier molecular flexibility index (Phi) is 3.72. The molecule has 22 heavy (non-hydrogen) atoms. The number of fused-ring (bicyclic) bond motifs is 1. The normalized spacial score (nSPS) is 21.4. The van der Waals surface area contributed by atoms with E-state index in [1.807, 2.05) is 13.8 Å². The van der Waals surface area contributed by atoms with E-state index in [1.54, 1.807) is 9.80 Å². The number of carbonyl (C=O) groups is 2. The quantitative estimate of drug-likeness (QED) is 0.827. The van der Waals surface area contributed by atoms with Crippen molar-refractivity contribution in [2.45, 2.75) is 39.3 Å². The van der Waals surface area contributed by atoms with E-state index < -0.39 is 0 Å². The van der Waals surface area contributed by atoms with Crippen LogP contribution in [0.5, 0.6) is 0 Å². The standard InChI is InChI=1S/C15H20N4O3/c1-9(2)19-6-10(5-13(19)20)15(22)18-4-3-11-12(7-18)16-8-17-14(11)21/h8-10H,3-7H2,1-2H3,(H,16,17,21). The molecule has 3 rings (SSSR count). The van der Waals surface area contributed by atoms with Crippen LogP contribution in [0.1, 0.15) is 31.5 Å². The Balaban J connectivity index is 1.73. The van der Waals surface area contributed by atoms with Crippen molar-refractivity contribution in [3.63, 3.8) is 0 Å². The van der Waals surface area contributed by atoms with Crippen LogP contribution in [0, 0.1) is 5.92 Å². The molecule has 2 amide bonds. The van der Waals surface area contributed by atoms with Gasteiger partial charge in [-0.15, -0.1) is 0 Å². The van der Waals surface area contributed by atoms with Crippen LogP contribution in [-0.4, -0.2) is 50.7 Å². The second-order valence-electron chi connectivity index (χ2n) is 6.21. The average molecular weight is 304 g/mol. The Labute approximate surface area is 128 Å². The first-order valence-electron chi connectivity index (χ1n) is 7.61. The highest BCUT2D eigenvalue weighted by atomic mass is 16.2. The van der Waals surface area contributed by atoms with Crippen molar-refractivity contribution >= 4 is 11.8 Å². The first kappa shape index (κ1) is 14.7. The van der Waals surface area contributed by atoms with Crippen molar-refractivity contribution < 1.29 is 9.59 Å². The lowest BCUT2D eigenvalue weighted by atomic mass is 10.0. The van der Waals surface area contributed by atoms with E-state index in [0.29, 0.717) is 37.3 Å². The lowest BCUT2D eigenvalue weighted by molar-refractivity contribution is -0.136. The third kappa shape index (κ3) is 2.51. The number of carbonyl (C=O) groups excluding carboxylic acids is 2. The minimum Gasteiger partial charge on any atom is -0.339 e. The topological polar surface area (TPSA) is 86.4 Å². The fourth-order valence-corrected chi connectivity index (χ4v) is 3.21. The minimum absolute atomic E-state index is 0.00997. The largest absolute Gasteiger partial charge is 0.339 e. The van der Waals surface area contributed by atoms with Gasteiger partial charge in [0.1, 0.15) is 0 Å². The second-order valence-corrected chi connectivity index (χ2v) is 6.21. The summed E-state index contributed by atoms with van der Waals surface area (Å²) in [6.07, 6.45) is 2.16. The van der Waals surface area contributed by atoms with Gasteiger partial charge in [-0.05, 0) is 20.3 Å². The zero-order valence-electron chi connectivity index (χ0n) is 12.8. The molecule has 2 aliphatic rings. The van der Waals surface area contributed by atoms with Gasteiger partial charge in [0.25, 0.3) is 5.56 Å². The number of nitrogens with zero attached hydrogens (tertiary/aromatic N) is 3. The number of amides is 2. The summed E-state index contributed by atoms with van der Waals surface area (Å²) in [5, 5.41) is 0. The second kappa shape index (κ2) is 5.55. The van der Waals surface area contributed by atoms with Gasteiger partial charge in [-0.2, -0.15) is 0 Å². The molecule has 0 aliphatic carbocycles. The molecule has 3 heterocycles. The Morgan fingerprint density at radius 3 is 2.86 bits per heavy atom. The molecule has 0 bridgehead atoms. The van der Waals surface area contributed by atoms with Crippen molar-refractivity contribution in [3.8, 4) is 0 Å². The summed E-state index contributed by atoms with van der Waals surface area (Å²) in [6, 6.07) is 0.118. The molecule has 1 unspecified atom stereocenters. The molecule has 1 aromatic rings. The van der Waals surface area contributed by atoms with Crippen molar-refractivity contribution in [1.82, 2.24) is 19.8 Å². The molecule has 0 radical (unpaired) electrons. The smallest absolute Gasteiger partial charge is 0.254 e. The summed E-state index contributed by atoms with van der Waals surface area (Å²) in [5.74, 6) is -0.247. The van der Waals surface area contributed by atoms with Gasteiger partial charge in [0.05, 0.1) is 24.5 Å². The SMILES string of the molecule is CC(C)N1CC(C(=O)N2CCc3c(nc[nH]c3=O)C2)CC1=O. The van der Waals surface area contributed by atoms with Crippen molar-refractivity contribution in [3.05, 3.63) is 27.9 Å². The van der Waals surface area contributed by atoms with Gasteiger partial charge in [-0.1, -0.05) is 0 Å². The summed E-state index contributed by atoms with van der Waals surface area (Å²) in [6.45, 7) is 5.26. The summed E-state index contributed by atoms with van der Waals surface area (Å²) in [7, 11) is 0. The summed E-state index contributed by atoms with van der Waals surface area (Å²) in [4.78, 5) is 46.5. The van der Waals surface area contributed by atoms with E-state index in [0.717, 1.165) is 0 Å². The fraction of sp³-hybridized carbons (Fsp3) is 0.600. The minimum atomic E-state index is -0.279. The van der Waals surface area contributed by atoms with Crippen LogP contribution < -0.4 is 5.56 Å². The third-order valence-corrected chi connectivity index (χ3v) is 4.45. The number of rotatable bonds is 2. The van der Waals surface area contributed by atoms with Gasteiger partial charge in [0.15, 0.2) is 0 Å². The van der Waals surface area contributed by atoms with E-state index in [-0.39, 0.29) is 35.8 Å². The monoisotopic (exact) mass is 304 g/mol. The first-order chi connectivity index (χ1) is 10.5. The maximum atomic E-state index is 12.6. The molecule has 0 spiro atoms. The predicted molar refractivity (Wildman–Crippen MR) is 78.9 cm³/mol. The number of likely N-dealkylation sites (tertiary alicyclic amines) is 1. The van der Waals surface area contributed by atoms with E-state index in [4.69, 9.17) is 0 Å². The highest BCUT2D eigenvalue weighted by Gasteiger charge is 2.38. The van der Waals surface area contributed by atoms with Gasteiger partial charge in [0, 0.05) is 31.1 Å². The van der Waals surface area contributed by atoms with Crippen LogP contribution in [0.4, 0.5) is 0 Å². The summed E-state index contributed by atoms with van der Waals surface area (Å²) >= 11 is 0. The number of aromatic nitrogens is 2. The van der Waals surface area contributed by atoms with Crippen molar-refractivity contribution in [2.24, 2.45) is 5.92 Å². The number of aromatic amines is 1. The molecule has 2 aliphatic heterocycles. The molecule has 0 saturated carbocycles. The summed E-state index contributed by atoms with van der Waals surface area (Å²) < 4.78 is 0. The molecular weight excluding hydrogens is 284 g/mol. The van der Waals surface area contributed by atoms with Gasteiger partial charge in [-0.25, -0.2) is 4.98 Å². The highest BCUT2D eigenvalue weighted by Crippen LogP contribution is 2.24. The van der Waals surface area contributed by atoms with Crippen LogP contribution >= 0.6 is 0 Å². The Bertz CT molecular complexity index is 667. The molecule has 1 atom stereocenters. The van der Waals surface area contributed by atoms with Gasteiger partial charge in [-0.3, -0.25) is 14.4 Å². The zero-order valence-corrected chi connectivity index (χ0v) is 12.8. The lowest BCUT2D eigenvalue weighted by Gasteiger charge is -2.29. The Morgan fingerprint density at radius 2 is 2.18 bits per heavy atom. The van der Waals surface area contributed by atoms with E-state index >= 15 is 0 Å². The molecule has 1 saturated heterocycles. The van der Waals surface area contributed by atoms with Crippen LogP contribution in [0.2, 0.25) is 0 Å². The van der Waals surface area contributed by atoms with Gasteiger partial charge >= 0.3 is 0 Å². The number of H-pyrrole nitrogens is 1. The molecule has 118 valence electrons. The fourth-order valence-electron chi connectivity index (χ4n) is 3.21. The molecule has 0 aromatic carbocycles. The molecule has 1 N–H and O–H groups in total. The zero-order chi connectivity index (χ0) is 15.9. The van der Waals surface area contributed by atoms with E-state index in [2.05, 4.69) is 9.97 Å². The first-order valence-corrected chi connectivity index (χ1v) is 7.61. The van der Waals surface area contributed by atoms with Gasteiger partial charge in [0.2, 0.25) is 11.8 Å². The predicted octanol–water partition coefficient (Wildman–Crippen LogP) is -0.0885. The maximum absolute atomic E-state index is 12.6. The van der Waals surface area contributed by atoms with Crippen LogP contribution in [-0.2, 0) is 22.6 Å². The Hall–Kier alpha value is -2.18. The lowest BCUT2D eigenvalue weighted by Crippen LogP contribution is -2.42. The molecule has 1 aromatic heterocycles. The average Bonchev–Trinajstić information content (AvgIpc) is 2.88. The maximum Gasteiger partial charge on any atom is 0.254 e.